The number of hydrogen-bond donors (Lipinski definition) is 0. The molecule has 1 aliphatic heterocycles. The molecule has 1 fully saturated rings. The highest BCUT2D eigenvalue weighted by atomic mass is 16.5. The van der Waals surface area contributed by atoms with Gasteiger partial charge < -0.3 is 9.64 Å². The Morgan fingerprint density at radius 1 is 1.21 bits per heavy atom. The Bertz CT molecular complexity index is 999. The third-order valence-corrected chi connectivity index (χ3v) is 5.03. The van der Waals surface area contributed by atoms with E-state index < -0.39 is 0 Å². The van der Waals surface area contributed by atoms with Gasteiger partial charge in [0.25, 0.3) is 5.91 Å². The highest BCUT2D eigenvalue weighted by Crippen LogP contribution is 2.24. The highest BCUT2D eigenvalue weighted by molar-refractivity contribution is 6.00. The van der Waals surface area contributed by atoms with Gasteiger partial charge in [0.1, 0.15) is 5.56 Å². The van der Waals surface area contributed by atoms with Crippen molar-refractivity contribution in [1.29, 1.82) is 0 Å². The predicted octanol–water partition coefficient (Wildman–Crippen LogP) is 2.81. The summed E-state index contributed by atoms with van der Waals surface area (Å²) in [4.78, 5) is 31.3. The molecule has 1 amide bonds. The maximum Gasteiger partial charge on any atom is 0.310 e. The number of hydrogen-bond acceptors (Lipinski definition) is 5. The van der Waals surface area contributed by atoms with Crippen LogP contribution in [0.2, 0.25) is 0 Å². The molecule has 0 N–H and O–H groups in total. The van der Waals surface area contributed by atoms with E-state index in [1.165, 1.54) is 0 Å². The minimum Gasteiger partial charge on any atom is -0.466 e. The Balaban J connectivity index is 1.63. The molecule has 1 aliphatic rings. The van der Waals surface area contributed by atoms with Gasteiger partial charge >= 0.3 is 5.97 Å². The molecule has 0 unspecified atom stereocenters. The van der Waals surface area contributed by atoms with Gasteiger partial charge in [-0.05, 0) is 25.8 Å². The summed E-state index contributed by atoms with van der Waals surface area (Å²) in [6, 6.07) is 11.7. The number of fused-ring (bicyclic) bond motifs is 1. The van der Waals surface area contributed by atoms with Crippen LogP contribution < -0.4 is 0 Å². The van der Waals surface area contributed by atoms with Gasteiger partial charge in [-0.2, -0.15) is 5.10 Å². The number of likely N-dealkylation sites (tertiary alicyclic amines) is 1. The van der Waals surface area contributed by atoms with Crippen LogP contribution in [-0.2, 0) is 9.53 Å². The smallest absolute Gasteiger partial charge is 0.310 e. The first-order chi connectivity index (χ1) is 13.7. The second kappa shape index (κ2) is 7.80. The molecule has 1 atom stereocenters. The Labute approximate surface area is 162 Å². The Morgan fingerprint density at radius 3 is 2.82 bits per heavy atom. The highest BCUT2D eigenvalue weighted by Gasteiger charge is 2.31. The zero-order valence-corrected chi connectivity index (χ0v) is 15.7. The fourth-order valence-electron chi connectivity index (χ4n) is 3.65. The largest absolute Gasteiger partial charge is 0.466 e. The molecule has 7 nitrogen and oxygen atoms in total. The maximum atomic E-state index is 13.1. The van der Waals surface area contributed by atoms with Crippen molar-refractivity contribution >= 4 is 17.5 Å². The Hall–Kier alpha value is -3.22. The topological polar surface area (TPSA) is 76.8 Å². The van der Waals surface area contributed by atoms with E-state index in [0.29, 0.717) is 30.9 Å². The molecule has 0 aliphatic carbocycles. The van der Waals surface area contributed by atoms with Crippen LogP contribution in [0.1, 0.15) is 30.1 Å². The van der Waals surface area contributed by atoms with Crippen molar-refractivity contribution in [1.82, 2.24) is 19.5 Å². The Morgan fingerprint density at radius 2 is 2.04 bits per heavy atom. The maximum absolute atomic E-state index is 13.1. The van der Waals surface area contributed by atoms with Gasteiger partial charge in [0.05, 0.1) is 24.4 Å². The second-order valence-electron chi connectivity index (χ2n) is 6.83. The van der Waals surface area contributed by atoms with Gasteiger partial charge in [-0.15, -0.1) is 0 Å². The van der Waals surface area contributed by atoms with Crippen molar-refractivity contribution in [2.75, 3.05) is 19.7 Å². The number of rotatable bonds is 4. The molecule has 2 aromatic heterocycles. The van der Waals surface area contributed by atoms with E-state index in [0.717, 1.165) is 24.1 Å². The molecule has 144 valence electrons. The second-order valence-corrected chi connectivity index (χ2v) is 6.83. The monoisotopic (exact) mass is 378 g/mol. The number of carbonyl (C=O) groups excluding carboxylic acids is 2. The number of esters is 1. The molecular weight excluding hydrogens is 356 g/mol. The number of aromatic nitrogens is 3. The predicted molar refractivity (Wildman–Crippen MR) is 104 cm³/mol. The standard InChI is InChI=1S/C21H22N4O3/c1-2-28-21(27)16-9-6-12-24(14-16)20(26)17-13-23-25-18(10-11-22-19(17)25)15-7-4-3-5-8-15/h3-5,7-8,10-11,13,16H,2,6,9,12,14H2,1H3/t16-/m1/s1. The number of nitrogens with zero attached hydrogens (tertiary/aromatic N) is 4. The summed E-state index contributed by atoms with van der Waals surface area (Å²) in [6.07, 6.45) is 4.77. The molecule has 28 heavy (non-hydrogen) atoms. The molecule has 4 rings (SSSR count). The summed E-state index contributed by atoms with van der Waals surface area (Å²) in [5.41, 5.74) is 2.83. The SMILES string of the molecule is CCOC(=O)[C@@H]1CCCN(C(=O)c2cnn3c(-c4ccccc4)ccnc23)C1. The molecule has 3 heterocycles. The molecular formula is C21H22N4O3. The lowest BCUT2D eigenvalue weighted by Crippen LogP contribution is -2.42. The van der Waals surface area contributed by atoms with Gasteiger partial charge in [0, 0.05) is 24.8 Å². The average molecular weight is 378 g/mol. The van der Waals surface area contributed by atoms with Crippen molar-refractivity contribution in [3.05, 3.63) is 54.4 Å². The summed E-state index contributed by atoms with van der Waals surface area (Å²) >= 11 is 0. The van der Waals surface area contributed by atoms with Crippen LogP contribution >= 0.6 is 0 Å². The first-order valence-corrected chi connectivity index (χ1v) is 9.53. The molecule has 0 saturated carbocycles. The first-order valence-electron chi connectivity index (χ1n) is 9.53. The van der Waals surface area contributed by atoms with Gasteiger partial charge in [-0.25, -0.2) is 9.50 Å². The molecule has 1 aromatic carbocycles. The van der Waals surface area contributed by atoms with Gasteiger partial charge in [0.15, 0.2) is 5.65 Å². The number of amides is 1. The van der Waals surface area contributed by atoms with E-state index in [1.807, 2.05) is 36.4 Å². The van der Waals surface area contributed by atoms with E-state index in [2.05, 4.69) is 10.1 Å². The third kappa shape index (κ3) is 3.35. The van der Waals surface area contributed by atoms with Crippen molar-refractivity contribution in [3.63, 3.8) is 0 Å². The van der Waals surface area contributed by atoms with Crippen LogP contribution in [0, 0.1) is 5.92 Å². The molecule has 7 heteroatoms. The zero-order valence-electron chi connectivity index (χ0n) is 15.7. The zero-order chi connectivity index (χ0) is 19.5. The molecule has 3 aromatic rings. The van der Waals surface area contributed by atoms with Crippen molar-refractivity contribution < 1.29 is 14.3 Å². The van der Waals surface area contributed by atoms with E-state index >= 15 is 0 Å². The lowest BCUT2D eigenvalue weighted by atomic mass is 9.97. The summed E-state index contributed by atoms with van der Waals surface area (Å²) in [6.45, 7) is 3.12. The van der Waals surface area contributed by atoms with Crippen LogP contribution in [-0.4, -0.2) is 51.1 Å². The van der Waals surface area contributed by atoms with Crippen LogP contribution in [0.4, 0.5) is 0 Å². The first kappa shape index (κ1) is 18.2. The lowest BCUT2D eigenvalue weighted by Gasteiger charge is -2.31. The molecule has 0 bridgehead atoms. The van der Waals surface area contributed by atoms with Crippen LogP contribution in [0.25, 0.3) is 16.9 Å². The lowest BCUT2D eigenvalue weighted by molar-refractivity contribution is -0.149. The van der Waals surface area contributed by atoms with Gasteiger partial charge in [0.2, 0.25) is 0 Å². The minimum atomic E-state index is -0.271. The average Bonchev–Trinajstić information content (AvgIpc) is 3.18. The molecule has 0 spiro atoms. The fraction of sp³-hybridized carbons (Fsp3) is 0.333. The number of carbonyl (C=O) groups is 2. The third-order valence-electron chi connectivity index (χ3n) is 5.03. The van der Waals surface area contributed by atoms with Crippen molar-refractivity contribution in [2.45, 2.75) is 19.8 Å². The Kier molecular flexibility index (Phi) is 5.06. The normalized spacial score (nSPS) is 16.9. The fourth-order valence-corrected chi connectivity index (χ4v) is 3.65. The summed E-state index contributed by atoms with van der Waals surface area (Å²) in [5, 5.41) is 4.41. The van der Waals surface area contributed by atoms with E-state index in [4.69, 9.17) is 4.74 Å². The number of benzene rings is 1. The van der Waals surface area contributed by atoms with E-state index in [1.54, 1.807) is 28.7 Å². The van der Waals surface area contributed by atoms with Crippen LogP contribution in [0.15, 0.2) is 48.8 Å². The summed E-state index contributed by atoms with van der Waals surface area (Å²) < 4.78 is 6.82. The minimum absolute atomic E-state index is 0.151. The van der Waals surface area contributed by atoms with Crippen molar-refractivity contribution in [2.24, 2.45) is 5.92 Å². The van der Waals surface area contributed by atoms with Gasteiger partial charge in [-0.1, -0.05) is 30.3 Å². The van der Waals surface area contributed by atoms with Gasteiger partial charge in [-0.3, -0.25) is 9.59 Å². The number of piperidine rings is 1. The molecule has 1 saturated heterocycles. The summed E-state index contributed by atoms with van der Waals surface area (Å²) in [5.74, 6) is -0.654. The summed E-state index contributed by atoms with van der Waals surface area (Å²) in [7, 11) is 0. The number of ether oxygens (including phenoxy) is 1. The quantitative estimate of drug-likeness (QED) is 0.653. The van der Waals surface area contributed by atoms with E-state index in [9.17, 15) is 9.59 Å². The molecule has 0 radical (unpaired) electrons. The van der Waals surface area contributed by atoms with Crippen molar-refractivity contribution in [3.8, 4) is 11.3 Å². The van der Waals surface area contributed by atoms with E-state index in [-0.39, 0.29) is 17.8 Å². The van der Waals surface area contributed by atoms with Crippen LogP contribution in [0.3, 0.4) is 0 Å². The van der Waals surface area contributed by atoms with Crippen LogP contribution in [0.5, 0.6) is 0 Å².